The van der Waals surface area contributed by atoms with Crippen molar-refractivity contribution in [1.82, 2.24) is 34.7 Å². The van der Waals surface area contributed by atoms with Gasteiger partial charge in [-0.05, 0) is 43.3 Å². The number of benzene rings is 2. The van der Waals surface area contributed by atoms with Crippen LogP contribution in [0.15, 0.2) is 58.1 Å². The summed E-state index contributed by atoms with van der Waals surface area (Å²) >= 11 is 0. The fourth-order valence-electron chi connectivity index (χ4n) is 3.50. The van der Waals surface area contributed by atoms with Crippen molar-refractivity contribution in [3.05, 3.63) is 65.0 Å². The maximum atomic E-state index is 13.0. The fourth-order valence-corrected chi connectivity index (χ4v) is 3.50. The Kier molecular flexibility index (Phi) is 5.83. The third kappa shape index (κ3) is 4.28. The topological polar surface area (TPSA) is 132 Å². The molecule has 5 aromatic rings. The summed E-state index contributed by atoms with van der Waals surface area (Å²) in [4.78, 5) is 21.8. The highest BCUT2D eigenvalue weighted by molar-refractivity contribution is 5.70. The molecule has 0 aliphatic rings. The van der Waals surface area contributed by atoms with E-state index in [9.17, 15) is 4.79 Å². The second-order valence-electron chi connectivity index (χ2n) is 7.39. The zero-order chi connectivity index (χ0) is 24.4. The Morgan fingerprint density at radius 1 is 1.00 bits per heavy atom. The lowest BCUT2D eigenvalue weighted by Gasteiger charge is -2.06. The third-order valence-electron chi connectivity index (χ3n) is 5.21. The number of hydrogen-bond donors (Lipinski definition) is 0. The molecule has 0 N–H and O–H groups in total. The van der Waals surface area contributed by atoms with Crippen LogP contribution in [0.4, 0.5) is 0 Å². The van der Waals surface area contributed by atoms with Gasteiger partial charge in [-0.3, -0.25) is 9.36 Å². The Morgan fingerprint density at radius 2 is 1.74 bits per heavy atom. The lowest BCUT2D eigenvalue weighted by molar-refractivity contribution is 0.340. The highest BCUT2D eigenvalue weighted by Crippen LogP contribution is 2.28. The van der Waals surface area contributed by atoms with Gasteiger partial charge in [-0.15, -0.1) is 5.10 Å². The summed E-state index contributed by atoms with van der Waals surface area (Å²) in [5.74, 6) is 2.48. The van der Waals surface area contributed by atoms with E-state index >= 15 is 0 Å². The van der Waals surface area contributed by atoms with Crippen molar-refractivity contribution in [3.63, 3.8) is 0 Å². The predicted octanol–water partition coefficient (Wildman–Crippen LogP) is 2.49. The molecule has 0 saturated carbocycles. The maximum absolute atomic E-state index is 13.0. The molecule has 0 saturated heterocycles. The molecule has 178 valence electrons. The lowest BCUT2D eigenvalue weighted by Crippen LogP contribution is -2.21. The van der Waals surface area contributed by atoms with Gasteiger partial charge in [0.25, 0.3) is 5.56 Å². The van der Waals surface area contributed by atoms with Crippen molar-refractivity contribution >= 4 is 11.2 Å². The van der Waals surface area contributed by atoms with E-state index in [4.69, 9.17) is 18.7 Å². The first-order valence-electron chi connectivity index (χ1n) is 10.7. The normalized spacial score (nSPS) is 11.1. The number of aromatic nitrogens is 7. The molecule has 0 fully saturated rings. The first-order valence-corrected chi connectivity index (χ1v) is 10.7. The summed E-state index contributed by atoms with van der Waals surface area (Å²) in [5, 5.41) is 12.2. The zero-order valence-corrected chi connectivity index (χ0v) is 19.2. The molecule has 0 amide bonds. The van der Waals surface area contributed by atoms with E-state index in [0.717, 1.165) is 5.75 Å². The first-order chi connectivity index (χ1) is 17.1. The quantitative estimate of drug-likeness (QED) is 0.330. The molecule has 0 aliphatic carbocycles. The SMILES string of the molecule is CCOc1ccc(-n2nnc3c(=O)n(Cc4nc(-c5cc(OC)cc(OC)c5)no4)cnc32)cc1. The second-order valence-corrected chi connectivity index (χ2v) is 7.39. The van der Waals surface area contributed by atoms with Crippen LogP contribution in [0.1, 0.15) is 12.8 Å². The van der Waals surface area contributed by atoms with E-state index < -0.39 is 0 Å². The highest BCUT2D eigenvalue weighted by atomic mass is 16.5. The number of methoxy groups -OCH3 is 2. The van der Waals surface area contributed by atoms with Crippen LogP contribution in [0.5, 0.6) is 17.2 Å². The second kappa shape index (κ2) is 9.25. The largest absolute Gasteiger partial charge is 0.497 e. The number of fused-ring (bicyclic) bond motifs is 1. The molecule has 0 unspecified atom stereocenters. The molecule has 2 aromatic carbocycles. The minimum Gasteiger partial charge on any atom is -0.497 e. The summed E-state index contributed by atoms with van der Waals surface area (Å²) < 4.78 is 24.2. The average Bonchev–Trinajstić information content (AvgIpc) is 3.54. The van der Waals surface area contributed by atoms with Crippen molar-refractivity contribution in [2.75, 3.05) is 20.8 Å². The van der Waals surface area contributed by atoms with Crippen molar-refractivity contribution in [2.24, 2.45) is 0 Å². The molecule has 0 bridgehead atoms. The van der Waals surface area contributed by atoms with Gasteiger partial charge < -0.3 is 18.7 Å². The van der Waals surface area contributed by atoms with Crippen LogP contribution in [0.25, 0.3) is 28.2 Å². The summed E-state index contributed by atoms with van der Waals surface area (Å²) in [6.07, 6.45) is 1.40. The van der Waals surface area contributed by atoms with Crippen LogP contribution in [-0.2, 0) is 6.54 Å². The Hall–Kier alpha value is -4.74. The monoisotopic (exact) mass is 475 g/mol. The first kappa shape index (κ1) is 22.1. The maximum Gasteiger partial charge on any atom is 0.284 e. The number of ether oxygens (including phenoxy) is 3. The van der Waals surface area contributed by atoms with Gasteiger partial charge in [0.1, 0.15) is 30.1 Å². The standard InChI is InChI=1S/C23H21N7O5/c1-4-34-16-7-5-15(6-8-16)30-22-20(26-28-30)23(31)29(13-24-22)12-19-25-21(27-35-19)14-9-17(32-2)11-18(10-14)33-3/h5-11,13H,4,12H2,1-3H3. The van der Waals surface area contributed by atoms with Crippen LogP contribution in [-0.4, -0.2) is 55.5 Å². The molecular weight excluding hydrogens is 454 g/mol. The number of nitrogens with zero attached hydrogens (tertiary/aromatic N) is 7. The third-order valence-corrected chi connectivity index (χ3v) is 5.21. The Labute approximate surface area is 198 Å². The summed E-state index contributed by atoms with van der Waals surface area (Å²) in [6.45, 7) is 2.51. The molecule has 12 heteroatoms. The van der Waals surface area contributed by atoms with E-state index in [0.29, 0.717) is 40.8 Å². The van der Waals surface area contributed by atoms with Crippen LogP contribution in [0.2, 0.25) is 0 Å². The molecule has 0 aliphatic heterocycles. The van der Waals surface area contributed by atoms with E-state index in [-0.39, 0.29) is 23.5 Å². The van der Waals surface area contributed by atoms with Crippen LogP contribution < -0.4 is 19.8 Å². The lowest BCUT2D eigenvalue weighted by atomic mass is 10.2. The summed E-state index contributed by atoms with van der Waals surface area (Å²) in [6, 6.07) is 12.5. The predicted molar refractivity (Wildman–Crippen MR) is 124 cm³/mol. The fraction of sp³-hybridized carbons (Fsp3) is 0.217. The van der Waals surface area contributed by atoms with Gasteiger partial charge in [-0.1, -0.05) is 10.4 Å². The van der Waals surface area contributed by atoms with Crippen LogP contribution in [0, 0.1) is 0 Å². The van der Waals surface area contributed by atoms with Gasteiger partial charge in [-0.2, -0.15) is 9.67 Å². The Morgan fingerprint density at radius 3 is 2.43 bits per heavy atom. The van der Waals surface area contributed by atoms with E-state index in [1.54, 1.807) is 32.4 Å². The molecule has 5 rings (SSSR count). The minimum atomic E-state index is -0.380. The number of rotatable bonds is 8. The van der Waals surface area contributed by atoms with Gasteiger partial charge in [0.15, 0.2) is 11.2 Å². The average molecular weight is 475 g/mol. The van der Waals surface area contributed by atoms with Gasteiger partial charge in [0, 0.05) is 11.6 Å². The van der Waals surface area contributed by atoms with Gasteiger partial charge in [0.05, 0.1) is 26.5 Å². The van der Waals surface area contributed by atoms with Crippen molar-refractivity contribution in [2.45, 2.75) is 13.5 Å². The van der Waals surface area contributed by atoms with E-state index in [1.165, 1.54) is 15.6 Å². The molecule has 0 radical (unpaired) electrons. The van der Waals surface area contributed by atoms with Crippen LogP contribution in [0.3, 0.4) is 0 Å². The van der Waals surface area contributed by atoms with Crippen molar-refractivity contribution in [1.29, 1.82) is 0 Å². The Bertz CT molecular complexity index is 1520. The molecule has 12 nitrogen and oxygen atoms in total. The zero-order valence-electron chi connectivity index (χ0n) is 19.2. The smallest absolute Gasteiger partial charge is 0.284 e. The summed E-state index contributed by atoms with van der Waals surface area (Å²) in [7, 11) is 3.11. The molecule has 0 spiro atoms. The van der Waals surface area contributed by atoms with Gasteiger partial charge in [0.2, 0.25) is 11.7 Å². The Balaban J connectivity index is 1.42. The van der Waals surface area contributed by atoms with Gasteiger partial charge in [-0.25, -0.2) is 4.98 Å². The summed E-state index contributed by atoms with van der Waals surface area (Å²) in [5.41, 5.74) is 1.44. The molecule has 0 atom stereocenters. The van der Waals surface area contributed by atoms with E-state index in [2.05, 4.69) is 25.4 Å². The minimum absolute atomic E-state index is 0.0196. The molecule has 35 heavy (non-hydrogen) atoms. The van der Waals surface area contributed by atoms with Gasteiger partial charge >= 0.3 is 0 Å². The van der Waals surface area contributed by atoms with E-state index in [1.807, 2.05) is 31.2 Å². The number of hydrogen-bond acceptors (Lipinski definition) is 10. The van der Waals surface area contributed by atoms with Crippen molar-refractivity contribution < 1.29 is 18.7 Å². The van der Waals surface area contributed by atoms with Crippen LogP contribution >= 0.6 is 0 Å². The molecule has 3 heterocycles. The highest BCUT2D eigenvalue weighted by Gasteiger charge is 2.16. The molecular formula is C23H21N7O5. The molecule has 3 aromatic heterocycles. The van der Waals surface area contributed by atoms with Crippen molar-refractivity contribution in [3.8, 4) is 34.3 Å².